The smallest absolute Gasteiger partial charge is 0.122 e. The molecule has 0 spiro atoms. The monoisotopic (exact) mass is 267 g/mol. The number of benzene rings is 1. The summed E-state index contributed by atoms with van der Waals surface area (Å²) in [6.45, 7) is 3.37. The summed E-state index contributed by atoms with van der Waals surface area (Å²) in [6, 6.07) is 5.89. The van der Waals surface area contributed by atoms with E-state index < -0.39 is 0 Å². The first-order valence-corrected chi connectivity index (χ1v) is 7.14. The molecule has 1 N–H and O–H groups in total. The Morgan fingerprint density at radius 2 is 2.28 bits per heavy atom. The molecule has 18 heavy (non-hydrogen) atoms. The zero-order chi connectivity index (χ0) is 13.0. The number of nitrogens with one attached hydrogen (secondary N) is 1. The van der Waals surface area contributed by atoms with Crippen LogP contribution in [0.5, 0.6) is 5.75 Å². The largest absolute Gasteiger partial charge is 0.496 e. The minimum Gasteiger partial charge on any atom is -0.496 e. The number of methoxy groups -OCH3 is 1. The van der Waals surface area contributed by atoms with Gasteiger partial charge in [-0.3, -0.25) is 0 Å². The topological polar surface area (TPSA) is 21.3 Å². The summed E-state index contributed by atoms with van der Waals surface area (Å²) in [4.78, 5) is 0. The van der Waals surface area contributed by atoms with Crippen LogP contribution in [0.4, 0.5) is 0 Å². The molecule has 0 aliphatic carbocycles. The Balaban J connectivity index is 2.23. The van der Waals surface area contributed by atoms with Gasteiger partial charge in [-0.15, -0.1) is 0 Å². The zero-order valence-corrected chi connectivity index (χ0v) is 12.0. The molecule has 2 nitrogen and oxygen atoms in total. The second-order valence-corrected chi connectivity index (χ2v) is 5.63. The van der Waals surface area contributed by atoms with Crippen LogP contribution in [0.1, 0.15) is 38.2 Å². The Kier molecular flexibility index (Phi) is 4.52. The van der Waals surface area contributed by atoms with E-state index in [2.05, 4.69) is 12.2 Å². The Morgan fingerprint density at radius 3 is 2.89 bits per heavy atom. The van der Waals surface area contributed by atoms with Crippen molar-refractivity contribution in [1.29, 1.82) is 0 Å². The summed E-state index contributed by atoms with van der Waals surface area (Å²) in [5.41, 5.74) is 1.46. The van der Waals surface area contributed by atoms with Gasteiger partial charge in [0.15, 0.2) is 0 Å². The van der Waals surface area contributed by atoms with Gasteiger partial charge in [0.2, 0.25) is 0 Å². The van der Waals surface area contributed by atoms with Crippen molar-refractivity contribution in [2.45, 2.75) is 44.6 Å². The molecule has 0 aromatic heterocycles. The van der Waals surface area contributed by atoms with E-state index in [9.17, 15) is 0 Å². The first-order valence-electron chi connectivity index (χ1n) is 6.76. The van der Waals surface area contributed by atoms with Crippen molar-refractivity contribution in [3.63, 3.8) is 0 Å². The van der Waals surface area contributed by atoms with E-state index in [-0.39, 0.29) is 5.54 Å². The van der Waals surface area contributed by atoms with Gasteiger partial charge in [0.1, 0.15) is 5.75 Å². The molecule has 1 saturated heterocycles. The molecule has 1 atom stereocenters. The molecule has 1 heterocycles. The van der Waals surface area contributed by atoms with Crippen molar-refractivity contribution < 1.29 is 4.74 Å². The van der Waals surface area contributed by atoms with Crippen LogP contribution < -0.4 is 10.1 Å². The predicted octanol–water partition coefficient (Wildman–Crippen LogP) is 3.81. The Morgan fingerprint density at radius 1 is 1.44 bits per heavy atom. The molecule has 1 aromatic rings. The van der Waals surface area contributed by atoms with Crippen molar-refractivity contribution in [3.05, 3.63) is 28.8 Å². The van der Waals surface area contributed by atoms with Gasteiger partial charge in [-0.05, 0) is 56.0 Å². The van der Waals surface area contributed by atoms with Crippen LogP contribution in [0.2, 0.25) is 5.02 Å². The summed E-state index contributed by atoms with van der Waals surface area (Å²) in [6.07, 6.45) is 5.93. The Hall–Kier alpha value is -0.730. The molecule has 1 unspecified atom stereocenters. The maximum Gasteiger partial charge on any atom is 0.122 e. The molecule has 100 valence electrons. The van der Waals surface area contributed by atoms with Crippen molar-refractivity contribution >= 4 is 11.6 Å². The van der Waals surface area contributed by atoms with E-state index in [0.29, 0.717) is 0 Å². The predicted molar refractivity (Wildman–Crippen MR) is 76.6 cm³/mol. The number of hydrogen-bond donors (Lipinski definition) is 1. The fraction of sp³-hybridized carbons (Fsp3) is 0.600. The van der Waals surface area contributed by atoms with Gasteiger partial charge in [-0.25, -0.2) is 0 Å². The van der Waals surface area contributed by atoms with Crippen LogP contribution >= 0.6 is 11.6 Å². The van der Waals surface area contributed by atoms with Gasteiger partial charge in [0.05, 0.1) is 7.11 Å². The second-order valence-electron chi connectivity index (χ2n) is 5.19. The molecular weight excluding hydrogens is 246 g/mol. The third kappa shape index (κ3) is 2.99. The summed E-state index contributed by atoms with van der Waals surface area (Å²) in [7, 11) is 1.72. The molecule has 0 radical (unpaired) electrons. The van der Waals surface area contributed by atoms with E-state index >= 15 is 0 Å². The molecule has 0 saturated carbocycles. The van der Waals surface area contributed by atoms with Crippen LogP contribution in [0, 0.1) is 0 Å². The fourth-order valence-electron chi connectivity index (χ4n) is 3.05. The normalized spacial score (nSPS) is 23.3. The molecule has 0 amide bonds. The molecule has 1 aliphatic rings. The van der Waals surface area contributed by atoms with E-state index in [1.165, 1.54) is 31.2 Å². The summed E-state index contributed by atoms with van der Waals surface area (Å²) < 4.78 is 5.45. The highest BCUT2D eigenvalue weighted by Gasteiger charge is 2.33. The van der Waals surface area contributed by atoms with Crippen molar-refractivity contribution in [3.8, 4) is 5.75 Å². The highest BCUT2D eigenvalue weighted by molar-refractivity contribution is 6.30. The number of hydrogen-bond acceptors (Lipinski definition) is 2. The molecule has 1 fully saturated rings. The molecule has 3 heteroatoms. The maximum atomic E-state index is 6.11. The van der Waals surface area contributed by atoms with E-state index in [4.69, 9.17) is 16.3 Å². The van der Waals surface area contributed by atoms with E-state index in [1.54, 1.807) is 7.11 Å². The van der Waals surface area contributed by atoms with Crippen molar-refractivity contribution in [1.82, 2.24) is 5.32 Å². The zero-order valence-electron chi connectivity index (χ0n) is 11.3. The molecule has 2 rings (SSSR count). The first-order chi connectivity index (χ1) is 8.69. The number of halogens is 1. The Labute approximate surface area is 115 Å². The van der Waals surface area contributed by atoms with Crippen LogP contribution in [-0.4, -0.2) is 19.2 Å². The van der Waals surface area contributed by atoms with E-state index in [0.717, 1.165) is 23.7 Å². The molecule has 1 aliphatic heterocycles. The second kappa shape index (κ2) is 5.94. The molecule has 1 aromatic carbocycles. The fourth-order valence-corrected chi connectivity index (χ4v) is 3.24. The average Bonchev–Trinajstić information content (AvgIpc) is 2.78. The van der Waals surface area contributed by atoms with Crippen molar-refractivity contribution in [2.75, 3.05) is 13.7 Å². The standard InChI is InChI=1S/C15H22ClNO/c1-3-7-15(8-4-9-17-15)11-12-10-13(16)5-6-14(12)18-2/h5-6,10,17H,3-4,7-9,11H2,1-2H3. The third-order valence-corrected chi connectivity index (χ3v) is 4.07. The number of ether oxygens (including phenoxy) is 1. The quantitative estimate of drug-likeness (QED) is 0.876. The lowest BCUT2D eigenvalue weighted by molar-refractivity contribution is 0.333. The summed E-state index contributed by atoms with van der Waals surface area (Å²) in [5.74, 6) is 0.948. The Bertz CT molecular complexity index is 399. The van der Waals surface area contributed by atoms with Gasteiger partial charge >= 0.3 is 0 Å². The van der Waals surface area contributed by atoms with Gasteiger partial charge in [0.25, 0.3) is 0 Å². The maximum absolute atomic E-state index is 6.11. The van der Waals surface area contributed by atoms with Gasteiger partial charge < -0.3 is 10.1 Å². The van der Waals surface area contributed by atoms with E-state index in [1.807, 2.05) is 18.2 Å². The highest BCUT2D eigenvalue weighted by atomic mass is 35.5. The third-order valence-electron chi connectivity index (χ3n) is 3.83. The minimum absolute atomic E-state index is 0.243. The molecular formula is C15H22ClNO. The van der Waals surface area contributed by atoms with Crippen LogP contribution in [-0.2, 0) is 6.42 Å². The number of rotatable bonds is 5. The summed E-state index contributed by atoms with van der Waals surface area (Å²) in [5, 5.41) is 4.48. The lowest BCUT2D eigenvalue weighted by atomic mass is 9.85. The lowest BCUT2D eigenvalue weighted by Crippen LogP contribution is -2.41. The average molecular weight is 268 g/mol. The summed E-state index contributed by atoms with van der Waals surface area (Å²) >= 11 is 6.11. The SMILES string of the molecule is CCCC1(Cc2cc(Cl)ccc2OC)CCCN1. The van der Waals surface area contributed by atoms with Gasteiger partial charge in [-0.2, -0.15) is 0 Å². The van der Waals surface area contributed by atoms with Crippen molar-refractivity contribution in [2.24, 2.45) is 0 Å². The van der Waals surface area contributed by atoms with Gasteiger partial charge in [-0.1, -0.05) is 24.9 Å². The van der Waals surface area contributed by atoms with Crippen LogP contribution in [0.25, 0.3) is 0 Å². The van der Waals surface area contributed by atoms with Gasteiger partial charge in [0, 0.05) is 10.6 Å². The lowest BCUT2D eigenvalue weighted by Gasteiger charge is -2.30. The highest BCUT2D eigenvalue weighted by Crippen LogP contribution is 2.33. The first kappa shape index (κ1) is 13.7. The minimum atomic E-state index is 0.243. The van der Waals surface area contributed by atoms with Crippen LogP contribution in [0.15, 0.2) is 18.2 Å². The van der Waals surface area contributed by atoms with Crippen LogP contribution in [0.3, 0.4) is 0 Å². The molecule has 0 bridgehead atoms.